The van der Waals surface area contributed by atoms with E-state index in [2.05, 4.69) is 32.8 Å². The second kappa shape index (κ2) is 7.47. The van der Waals surface area contributed by atoms with Crippen molar-refractivity contribution in [2.24, 2.45) is 0 Å². The van der Waals surface area contributed by atoms with Crippen molar-refractivity contribution in [1.82, 2.24) is 14.8 Å². The number of thiophene rings is 1. The lowest BCUT2D eigenvalue weighted by molar-refractivity contribution is -0.136. The third-order valence-corrected chi connectivity index (χ3v) is 6.89. The van der Waals surface area contributed by atoms with E-state index in [1.54, 1.807) is 22.7 Å². The summed E-state index contributed by atoms with van der Waals surface area (Å²) in [7, 11) is 1.89. The summed E-state index contributed by atoms with van der Waals surface area (Å²) in [6, 6.07) is 10.6. The highest BCUT2D eigenvalue weighted by Gasteiger charge is 2.34. The quantitative estimate of drug-likeness (QED) is 0.647. The molecule has 26 heavy (non-hydrogen) atoms. The van der Waals surface area contributed by atoms with Crippen molar-refractivity contribution in [2.45, 2.75) is 38.4 Å². The zero-order valence-electron chi connectivity index (χ0n) is 15.1. The van der Waals surface area contributed by atoms with Gasteiger partial charge in [-0.25, -0.2) is 4.98 Å². The van der Waals surface area contributed by atoms with Crippen LogP contribution in [0.15, 0.2) is 41.1 Å². The molecule has 0 unspecified atom stereocenters. The van der Waals surface area contributed by atoms with Crippen LogP contribution in [-0.2, 0) is 11.3 Å². The number of likely N-dealkylation sites (tertiary alicyclic amines) is 1. The van der Waals surface area contributed by atoms with E-state index in [4.69, 9.17) is 0 Å². The van der Waals surface area contributed by atoms with Crippen LogP contribution in [0.25, 0.3) is 10.2 Å². The Morgan fingerprint density at radius 2 is 2.23 bits per heavy atom. The number of likely N-dealkylation sites (N-methyl/N-ethyl adjacent to an activating group) is 1. The number of hydrogen-bond acceptors (Lipinski definition) is 5. The first kappa shape index (κ1) is 17.6. The molecule has 6 heteroatoms. The van der Waals surface area contributed by atoms with Gasteiger partial charge >= 0.3 is 0 Å². The Labute approximate surface area is 162 Å². The summed E-state index contributed by atoms with van der Waals surface area (Å²) < 4.78 is 1.17. The lowest BCUT2D eigenvalue weighted by Gasteiger charge is -2.32. The zero-order valence-corrected chi connectivity index (χ0v) is 16.7. The van der Waals surface area contributed by atoms with Gasteiger partial charge in [-0.1, -0.05) is 12.1 Å². The number of thiazole rings is 1. The standard InChI is InChI=1S/C20H23N3OS2/c1-14(23-10-5-7-17(23)15-9-11-25-13-15)20(24)22(2)12-19-21-16-6-3-4-8-18(16)26-19/h3-4,6,8-9,11,13-14,17H,5,7,10,12H2,1-2H3/t14-,17+/m0/s1. The van der Waals surface area contributed by atoms with Gasteiger partial charge in [0.05, 0.1) is 22.8 Å². The van der Waals surface area contributed by atoms with Gasteiger partial charge in [-0.15, -0.1) is 11.3 Å². The smallest absolute Gasteiger partial charge is 0.239 e. The molecule has 0 radical (unpaired) electrons. The fourth-order valence-electron chi connectivity index (χ4n) is 3.80. The highest BCUT2D eigenvalue weighted by molar-refractivity contribution is 7.18. The maximum absolute atomic E-state index is 13.0. The lowest BCUT2D eigenvalue weighted by atomic mass is 10.1. The highest BCUT2D eigenvalue weighted by atomic mass is 32.1. The molecule has 2 atom stereocenters. The number of rotatable bonds is 5. The predicted octanol–water partition coefficient (Wildman–Crippen LogP) is 4.54. The fraction of sp³-hybridized carbons (Fsp3) is 0.400. The molecular weight excluding hydrogens is 362 g/mol. The molecule has 0 saturated carbocycles. The number of carbonyl (C=O) groups is 1. The van der Waals surface area contributed by atoms with Crippen LogP contribution >= 0.6 is 22.7 Å². The molecule has 0 aliphatic carbocycles. The molecule has 1 saturated heterocycles. The molecule has 3 heterocycles. The monoisotopic (exact) mass is 385 g/mol. The van der Waals surface area contributed by atoms with Crippen molar-refractivity contribution < 1.29 is 4.79 Å². The molecule has 0 bridgehead atoms. The average Bonchev–Trinajstić information content (AvgIpc) is 3.38. The van der Waals surface area contributed by atoms with Crippen molar-refractivity contribution in [3.05, 3.63) is 51.7 Å². The number of para-hydroxylation sites is 1. The molecule has 4 rings (SSSR count). The van der Waals surface area contributed by atoms with Crippen LogP contribution in [0.4, 0.5) is 0 Å². The van der Waals surface area contributed by atoms with E-state index < -0.39 is 0 Å². The van der Waals surface area contributed by atoms with E-state index in [1.807, 2.05) is 37.1 Å². The molecule has 2 aromatic heterocycles. The van der Waals surface area contributed by atoms with Crippen molar-refractivity contribution in [3.63, 3.8) is 0 Å². The van der Waals surface area contributed by atoms with Crippen LogP contribution in [0.1, 0.15) is 36.4 Å². The Hall–Kier alpha value is -1.76. The summed E-state index contributed by atoms with van der Waals surface area (Å²) >= 11 is 3.40. The number of aromatic nitrogens is 1. The van der Waals surface area contributed by atoms with Gasteiger partial charge in [0, 0.05) is 13.1 Å². The molecule has 1 fully saturated rings. The molecule has 1 aliphatic heterocycles. The number of fused-ring (bicyclic) bond motifs is 1. The summed E-state index contributed by atoms with van der Waals surface area (Å²) in [6.45, 7) is 3.60. The first-order valence-corrected chi connectivity index (χ1v) is 10.8. The summed E-state index contributed by atoms with van der Waals surface area (Å²) in [5, 5.41) is 5.33. The molecular formula is C20H23N3OS2. The van der Waals surface area contributed by atoms with Gasteiger partial charge in [0.25, 0.3) is 0 Å². The molecule has 1 amide bonds. The van der Waals surface area contributed by atoms with E-state index >= 15 is 0 Å². The van der Waals surface area contributed by atoms with Gasteiger partial charge in [0.2, 0.25) is 5.91 Å². The van der Waals surface area contributed by atoms with Crippen LogP contribution < -0.4 is 0 Å². The van der Waals surface area contributed by atoms with Crippen LogP contribution in [0.5, 0.6) is 0 Å². The van der Waals surface area contributed by atoms with E-state index in [0.29, 0.717) is 12.6 Å². The molecule has 0 N–H and O–H groups in total. The SMILES string of the molecule is C[C@@H](C(=O)N(C)Cc1nc2ccccc2s1)N1CCC[C@@H]1c1ccsc1. The Balaban J connectivity index is 1.45. The van der Waals surface area contributed by atoms with Crippen LogP contribution in [0, 0.1) is 0 Å². The van der Waals surface area contributed by atoms with Crippen LogP contribution in [0.3, 0.4) is 0 Å². The topological polar surface area (TPSA) is 36.4 Å². The molecule has 4 nitrogen and oxygen atoms in total. The lowest BCUT2D eigenvalue weighted by Crippen LogP contribution is -2.45. The van der Waals surface area contributed by atoms with Gasteiger partial charge < -0.3 is 4.90 Å². The maximum Gasteiger partial charge on any atom is 0.239 e. The second-order valence-corrected chi connectivity index (χ2v) is 8.79. The van der Waals surface area contributed by atoms with E-state index in [1.165, 1.54) is 10.3 Å². The number of amides is 1. The number of benzene rings is 1. The maximum atomic E-state index is 13.0. The molecule has 1 aromatic carbocycles. The predicted molar refractivity (Wildman–Crippen MR) is 109 cm³/mol. The normalized spacial score (nSPS) is 19.1. The Kier molecular flexibility index (Phi) is 5.07. The first-order chi connectivity index (χ1) is 12.6. The van der Waals surface area contributed by atoms with Crippen molar-refractivity contribution >= 4 is 38.8 Å². The third-order valence-electron chi connectivity index (χ3n) is 5.16. The Morgan fingerprint density at radius 1 is 1.38 bits per heavy atom. The van der Waals surface area contributed by atoms with Crippen molar-refractivity contribution in [2.75, 3.05) is 13.6 Å². The minimum Gasteiger partial charge on any atom is -0.338 e. The van der Waals surface area contributed by atoms with E-state index in [9.17, 15) is 4.79 Å². The first-order valence-electron chi connectivity index (χ1n) is 9.01. The summed E-state index contributed by atoms with van der Waals surface area (Å²) in [4.78, 5) is 21.9. The minimum absolute atomic E-state index is 0.109. The number of carbonyl (C=O) groups excluding carboxylic acids is 1. The molecule has 1 aliphatic rings. The van der Waals surface area contributed by atoms with Gasteiger partial charge in [-0.3, -0.25) is 9.69 Å². The van der Waals surface area contributed by atoms with Crippen molar-refractivity contribution in [1.29, 1.82) is 0 Å². The summed E-state index contributed by atoms with van der Waals surface area (Å²) in [5.41, 5.74) is 2.36. The van der Waals surface area contributed by atoms with E-state index in [-0.39, 0.29) is 11.9 Å². The van der Waals surface area contributed by atoms with Gasteiger partial charge in [-0.2, -0.15) is 11.3 Å². The van der Waals surface area contributed by atoms with E-state index in [0.717, 1.165) is 29.9 Å². The second-order valence-electron chi connectivity index (χ2n) is 6.90. The van der Waals surface area contributed by atoms with Crippen LogP contribution in [0.2, 0.25) is 0 Å². The number of nitrogens with zero attached hydrogens (tertiary/aromatic N) is 3. The Bertz CT molecular complexity index is 856. The molecule has 0 spiro atoms. The van der Waals surface area contributed by atoms with Gasteiger partial charge in [0.1, 0.15) is 5.01 Å². The molecule has 3 aromatic rings. The number of hydrogen-bond donors (Lipinski definition) is 0. The summed E-state index contributed by atoms with van der Waals surface area (Å²) in [5.74, 6) is 0.173. The minimum atomic E-state index is -0.109. The summed E-state index contributed by atoms with van der Waals surface area (Å²) in [6.07, 6.45) is 2.29. The Morgan fingerprint density at radius 3 is 3.00 bits per heavy atom. The third kappa shape index (κ3) is 3.41. The fourth-order valence-corrected chi connectivity index (χ4v) is 5.53. The molecule has 136 valence electrons. The van der Waals surface area contributed by atoms with Gasteiger partial charge in [0.15, 0.2) is 0 Å². The largest absolute Gasteiger partial charge is 0.338 e. The van der Waals surface area contributed by atoms with Gasteiger partial charge in [-0.05, 0) is 60.8 Å². The average molecular weight is 386 g/mol. The van der Waals surface area contributed by atoms with Crippen molar-refractivity contribution in [3.8, 4) is 0 Å². The highest BCUT2D eigenvalue weighted by Crippen LogP contribution is 2.35. The zero-order chi connectivity index (χ0) is 18.1. The van der Waals surface area contributed by atoms with Crippen LogP contribution in [-0.4, -0.2) is 40.3 Å².